The van der Waals surface area contributed by atoms with Gasteiger partial charge in [-0.1, -0.05) is 23.7 Å². The monoisotopic (exact) mass is 464 g/mol. The van der Waals surface area contributed by atoms with Crippen molar-refractivity contribution in [1.82, 2.24) is 28.3 Å². The summed E-state index contributed by atoms with van der Waals surface area (Å²) in [5, 5.41) is 9.42. The smallest absolute Gasteiger partial charge is 0.332 e. The summed E-state index contributed by atoms with van der Waals surface area (Å²) in [6.07, 6.45) is 0. The van der Waals surface area contributed by atoms with Crippen LogP contribution in [0.5, 0.6) is 5.75 Å². The van der Waals surface area contributed by atoms with Gasteiger partial charge in [0, 0.05) is 24.7 Å². The van der Waals surface area contributed by atoms with Crippen LogP contribution in [-0.4, -0.2) is 34.9 Å². The Labute approximate surface area is 193 Å². The van der Waals surface area contributed by atoms with Crippen LogP contribution in [-0.2, 0) is 20.6 Å². The first kappa shape index (κ1) is 21.0. The summed E-state index contributed by atoms with van der Waals surface area (Å²) in [6, 6.07) is 14.8. The molecule has 5 rings (SSSR count). The average Bonchev–Trinajstić information content (AvgIpc) is 3.37. The lowest BCUT2D eigenvalue weighted by molar-refractivity contribution is 0.340. The Morgan fingerprint density at radius 1 is 0.939 bits per heavy atom. The SMILES string of the molecule is CCOc1ccc(-c2nnc3n(Cc4ccc(Cl)cc4)c4c(=O)n(C)c(=O)n(C)c4n23)cc1. The average molecular weight is 465 g/mol. The van der Waals surface area contributed by atoms with Crippen molar-refractivity contribution < 1.29 is 4.74 Å². The van der Waals surface area contributed by atoms with E-state index in [2.05, 4.69) is 10.2 Å². The number of benzene rings is 2. The zero-order valence-corrected chi connectivity index (χ0v) is 19.1. The van der Waals surface area contributed by atoms with E-state index < -0.39 is 11.2 Å². The lowest BCUT2D eigenvalue weighted by Gasteiger charge is -2.08. The molecule has 0 atom stereocenters. The summed E-state index contributed by atoms with van der Waals surface area (Å²) in [7, 11) is 3.11. The number of ether oxygens (including phenoxy) is 1. The molecule has 0 saturated heterocycles. The van der Waals surface area contributed by atoms with E-state index in [1.165, 1.54) is 11.6 Å². The van der Waals surface area contributed by atoms with Gasteiger partial charge in [-0.2, -0.15) is 0 Å². The summed E-state index contributed by atoms with van der Waals surface area (Å²) in [4.78, 5) is 26.0. The predicted octanol–water partition coefficient (Wildman–Crippen LogP) is 2.85. The Kier molecular flexibility index (Phi) is 5.05. The van der Waals surface area contributed by atoms with E-state index in [0.717, 1.165) is 21.4 Å². The van der Waals surface area contributed by atoms with Gasteiger partial charge in [0.1, 0.15) is 5.75 Å². The number of rotatable bonds is 5. The van der Waals surface area contributed by atoms with Gasteiger partial charge in [0.25, 0.3) is 5.56 Å². The van der Waals surface area contributed by atoms with E-state index in [9.17, 15) is 9.59 Å². The summed E-state index contributed by atoms with van der Waals surface area (Å²) in [6.45, 7) is 2.85. The largest absolute Gasteiger partial charge is 0.494 e. The fraction of sp³-hybridized carbons (Fsp3) is 0.217. The van der Waals surface area contributed by atoms with Crippen LogP contribution in [0.2, 0.25) is 5.02 Å². The molecule has 3 heterocycles. The van der Waals surface area contributed by atoms with E-state index in [1.54, 1.807) is 28.1 Å². The summed E-state index contributed by atoms with van der Waals surface area (Å²) in [5.41, 5.74) is 1.69. The van der Waals surface area contributed by atoms with Gasteiger partial charge >= 0.3 is 5.69 Å². The highest BCUT2D eigenvalue weighted by molar-refractivity contribution is 6.30. The second-order valence-electron chi connectivity index (χ2n) is 7.71. The highest BCUT2D eigenvalue weighted by Gasteiger charge is 2.24. The molecule has 0 spiro atoms. The van der Waals surface area contributed by atoms with Crippen molar-refractivity contribution in [3.8, 4) is 17.1 Å². The van der Waals surface area contributed by atoms with Gasteiger partial charge in [0.15, 0.2) is 17.0 Å². The number of hydrogen-bond donors (Lipinski definition) is 0. The lowest BCUT2D eigenvalue weighted by Crippen LogP contribution is -2.37. The molecule has 0 N–H and O–H groups in total. The molecule has 0 unspecified atom stereocenters. The van der Waals surface area contributed by atoms with Crippen LogP contribution in [0.25, 0.3) is 28.3 Å². The molecule has 0 saturated carbocycles. The van der Waals surface area contributed by atoms with Crippen molar-refractivity contribution >= 4 is 28.5 Å². The molecule has 2 aromatic carbocycles. The second kappa shape index (κ2) is 7.93. The molecule has 168 valence electrons. The third-order valence-corrected chi connectivity index (χ3v) is 5.91. The Morgan fingerprint density at radius 3 is 2.30 bits per heavy atom. The van der Waals surface area contributed by atoms with E-state index in [0.29, 0.717) is 40.9 Å². The first-order valence-electron chi connectivity index (χ1n) is 10.4. The van der Waals surface area contributed by atoms with Crippen molar-refractivity contribution in [1.29, 1.82) is 0 Å². The molecule has 3 aromatic heterocycles. The Balaban J connectivity index is 1.82. The lowest BCUT2D eigenvalue weighted by atomic mass is 10.2. The van der Waals surface area contributed by atoms with Crippen molar-refractivity contribution in [3.63, 3.8) is 0 Å². The minimum atomic E-state index is -0.426. The molecule has 0 aliphatic rings. The zero-order valence-electron chi connectivity index (χ0n) is 18.3. The fourth-order valence-electron chi connectivity index (χ4n) is 4.03. The Bertz CT molecular complexity index is 1610. The van der Waals surface area contributed by atoms with Crippen molar-refractivity contribution in [2.24, 2.45) is 14.1 Å². The first-order valence-corrected chi connectivity index (χ1v) is 10.8. The number of fused-ring (bicyclic) bond motifs is 3. The van der Waals surface area contributed by atoms with E-state index in [4.69, 9.17) is 16.3 Å². The molecule has 10 heteroatoms. The summed E-state index contributed by atoms with van der Waals surface area (Å²) in [5.74, 6) is 1.73. The quantitative estimate of drug-likeness (QED) is 0.399. The first-order chi connectivity index (χ1) is 15.9. The molecule has 0 fully saturated rings. The molecular formula is C23H21ClN6O3. The summed E-state index contributed by atoms with van der Waals surface area (Å²) >= 11 is 6.04. The fourth-order valence-corrected chi connectivity index (χ4v) is 4.16. The Morgan fingerprint density at radius 2 is 1.64 bits per heavy atom. The van der Waals surface area contributed by atoms with Gasteiger partial charge in [-0.25, -0.2) is 9.20 Å². The highest BCUT2D eigenvalue weighted by atomic mass is 35.5. The van der Waals surface area contributed by atoms with Gasteiger partial charge in [0.05, 0.1) is 13.2 Å². The van der Waals surface area contributed by atoms with Crippen molar-refractivity contribution in [2.75, 3.05) is 6.61 Å². The van der Waals surface area contributed by atoms with Gasteiger partial charge in [0.2, 0.25) is 5.78 Å². The molecule has 0 aliphatic carbocycles. The molecule has 0 radical (unpaired) electrons. The van der Waals surface area contributed by atoms with E-state index in [1.807, 2.05) is 43.3 Å². The number of imidazole rings is 1. The van der Waals surface area contributed by atoms with Crippen LogP contribution in [0.3, 0.4) is 0 Å². The number of hydrogen-bond acceptors (Lipinski definition) is 5. The van der Waals surface area contributed by atoms with E-state index >= 15 is 0 Å². The maximum atomic E-state index is 13.2. The van der Waals surface area contributed by atoms with Crippen LogP contribution in [0.1, 0.15) is 12.5 Å². The normalized spacial score (nSPS) is 11.5. The topological polar surface area (TPSA) is 88.3 Å². The third kappa shape index (κ3) is 3.32. The zero-order chi connectivity index (χ0) is 23.3. The van der Waals surface area contributed by atoms with Crippen molar-refractivity contribution in [3.05, 3.63) is 80.0 Å². The molecular weight excluding hydrogens is 444 g/mol. The standard InChI is InChI=1S/C23H21ClN6O3/c1-4-33-17-11-7-15(8-12-17)19-25-26-22-29(13-14-5-9-16(24)10-6-14)18-20(30(19)22)27(2)23(32)28(3)21(18)31/h5-12H,4,13H2,1-3H3. The van der Waals surface area contributed by atoms with Crippen LogP contribution in [0.15, 0.2) is 58.1 Å². The van der Waals surface area contributed by atoms with Gasteiger partial charge < -0.3 is 4.74 Å². The maximum absolute atomic E-state index is 13.2. The number of aryl methyl sites for hydroxylation is 1. The minimum Gasteiger partial charge on any atom is -0.494 e. The van der Waals surface area contributed by atoms with Crippen LogP contribution < -0.4 is 16.0 Å². The molecule has 33 heavy (non-hydrogen) atoms. The molecule has 5 aromatic rings. The number of nitrogens with zero attached hydrogens (tertiary/aromatic N) is 6. The number of aromatic nitrogens is 6. The van der Waals surface area contributed by atoms with Gasteiger partial charge in [-0.05, 0) is 48.9 Å². The highest BCUT2D eigenvalue weighted by Crippen LogP contribution is 2.26. The Hall–Kier alpha value is -3.85. The molecule has 0 amide bonds. The van der Waals surface area contributed by atoms with Gasteiger partial charge in [-0.15, -0.1) is 10.2 Å². The van der Waals surface area contributed by atoms with Crippen molar-refractivity contribution in [2.45, 2.75) is 13.5 Å². The molecule has 0 aliphatic heterocycles. The summed E-state index contributed by atoms with van der Waals surface area (Å²) < 4.78 is 11.6. The van der Waals surface area contributed by atoms with Crippen LogP contribution in [0, 0.1) is 0 Å². The maximum Gasteiger partial charge on any atom is 0.332 e. The number of halogens is 1. The molecule has 9 nitrogen and oxygen atoms in total. The minimum absolute atomic E-state index is 0.360. The van der Waals surface area contributed by atoms with Crippen LogP contribution >= 0.6 is 11.6 Å². The van der Waals surface area contributed by atoms with E-state index in [-0.39, 0.29) is 0 Å². The second-order valence-corrected chi connectivity index (χ2v) is 8.14. The van der Waals surface area contributed by atoms with Gasteiger partial charge in [-0.3, -0.25) is 18.5 Å². The van der Waals surface area contributed by atoms with Crippen LogP contribution in [0.4, 0.5) is 0 Å². The molecule has 0 bridgehead atoms. The predicted molar refractivity (Wildman–Crippen MR) is 126 cm³/mol. The third-order valence-electron chi connectivity index (χ3n) is 5.66.